The Balaban J connectivity index is 1.56. The Morgan fingerprint density at radius 3 is 2.26 bits per heavy atom. The van der Waals surface area contributed by atoms with Crippen molar-refractivity contribution >= 4 is 43.1 Å². The second kappa shape index (κ2) is 14.5. The minimum absolute atomic E-state index is 0.00877. The van der Waals surface area contributed by atoms with E-state index in [-0.39, 0.29) is 12.7 Å². The number of carbonyl (C=O) groups is 2. The van der Waals surface area contributed by atoms with Gasteiger partial charge in [0.05, 0.1) is 23.9 Å². The smallest absolute Gasteiger partial charge is 0.331 e. The van der Waals surface area contributed by atoms with Gasteiger partial charge in [0.1, 0.15) is 6.04 Å². The van der Waals surface area contributed by atoms with Gasteiger partial charge in [-0.3, -0.25) is 4.79 Å². The van der Waals surface area contributed by atoms with Gasteiger partial charge < -0.3 is 14.8 Å². The maximum Gasteiger partial charge on any atom is 0.331 e. The maximum absolute atomic E-state index is 12.9. The molecule has 180 valence electrons. The van der Waals surface area contributed by atoms with Crippen LogP contribution in [0.15, 0.2) is 60.7 Å². The zero-order valence-electron chi connectivity index (χ0n) is 19.6. The highest BCUT2D eigenvalue weighted by Gasteiger charge is 2.29. The molecule has 1 N–H and O–H groups in total. The Bertz CT molecular complexity index is 881. The lowest BCUT2D eigenvalue weighted by Crippen LogP contribution is -2.45. The summed E-state index contributed by atoms with van der Waals surface area (Å²) in [7, 11) is 5.29. The van der Waals surface area contributed by atoms with Gasteiger partial charge in [-0.25, -0.2) is 4.79 Å². The van der Waals surface area contributed by atoms with E-state index in [1.807, 2.05) is 66.8 Å². The number of esters is 1. The van der Waals surface area contributed by atoms with Gasteiger partial charge in [-0.15, -0.1) is 23.5 Å². The molecule has 1 fully saturated rings. The summed E-state index contributed by atoms with van der Waals surface area (Å²) in [5.41, 5.74) is 2.27. The van der Waals surface area contributed by atoms with Gasteiger partial charge in [0.2, 0.25) is 7.85 Å². The minimum Gasteiger partial charge on any atom is -0.461 e. The zero-order valence-corrected chi connectivity index (χ0v) is 21.2. The van der Waals surface area contributed by atoms with Crippen molar-refractivity contribution in [2.75, 3.05) is 18.1 Å². The zero-order chi connectivity index (χ0) is 24.2. The number of benzene rings is 2. The molecule has 1 aliphatic rings. The van der Waals surface area contributed by atoms with Crippen molar-refractivity contribution in [2.45, 2.75) is 49.5 Å². The SMILES string of the molecule is [B]C(=O)N[C@@H](COCc1ccccc1)C(=O)O[C@@H](C)C[C@@H](Cc1ccccc1)C1SCCCS1. The molecule has 2 aromatic carbocycles. The number of carbonyl (C=O) groups excluding carboxylic acids is 2. The molecule has 0 aromatic heterocycles. The van der Waals surface area contributed by atoms with Crippen molar-refractivity contribution in [2.24, 2.45) is 5.92 Å². The van der Waals surface area contributed by atoms with Gasteiger partial charge in [0.15, 0.2) is 5.81 Å². The Hall–Kier alpha value is -1.90. The second-order valence-corrected chi connectivity index (χ2v) is 11.3. The van der Waals surface area contributed by atoms with Crippen molar-refractivity contribution in [3.63, 3.8) is 0 Å². The van der Waals surface area contributed by atoms with Gasteiger partial charge in [-0.05, 0) is 54.7 Å². The molecule has 1 saturated heterocycles. The van der Waals surface area contributed by atoms with Crippen molar-refractivity contribution in [3.8, 4) is 0 Å². The van der Waals surface area contributed by atoms with Gasteiger partial charge >= 0.3 is 5.97 Å². The third-order valence-electron chi connectivity index (χ3n) is 5.53. The fourth-order valence-electron chi connectivity index (χ4n) is 3.95. The summed E-state index contributed by atoms with van der Waals surface area (Å²) >= 11 is 4.01. The first-order valence-electron chi connectivity index (χ1n) is 11.7. The fraction of sp³-hybridized carbons (Fsp3) is 0.462. The Labute approximate surface area is 212 Å². The molecule has 3 rings (SSSR count). The highest BCUT2D eigenvalue weighted by Crippen LogP contribution is 2.39. The molecule has 8 heteroatoms. The van der Waals surface area contributed by atoms with Crippen molar-refractivity contribution in [1.29, 1.82) is 0 Å². The van der Waals surface area contributed by atoms with Crippen LogP contribution in [-0.2, 0) is 27.3 Å². The van der Waals surface area contributed by atoms with Crippen LogP contribution in [-0.4, -0.2) is 54.5 Å². The van der Waals surface area contributed by atoms with Crippen LogP contribution in [0.25, 0.3) is 0 Å². The lowest BCUT2D eigenvalue weighted by atomic mass is 9.95. The third-order valence-corrected chi connectivity index (χ3v) is 8.82. The van der Waals surface area contributed by atoms with E-state index >= 15 is 0 Å². The maximum atomic E-state index is 12.9. The molecule has 0 bridgehead atoms. The Kier molecular flexibility index (Phi) is 11.4. The summed E-state index contributed by atoms with van der Waals surface area (Å²) in [6.07, 6.45) is 2.63. The first kappa shape index (κ1) is 26.7. The molecular formula is C26H32BNO4S2. The molecule has 1 amide bonds. The topological polar surface area (TPSA) is 64.6 Å². The van der Waals surface area contributed by atoms with Crippen LogP contribution in [0, 0.1) is 5.92 Å². The van der Waals surface area contributed by atoms with Gasteiger partial charge in [0.25, 0.3) is 0 Å². The van der Waals surface area contributed by atoms with E-state index < -0.39 is 17.8 Å². The van der Waals surface area contributed by atoms with E-state index in [4.69, 9.17) is 17.3 Å². The van der Waals surface area contributed by atoms with Crippen LogP contribution < -0.4 is 5.32 Å². The molecule has 1 aliphatic heterocycles. The average Bonchev–Trinajstić information content (AvgIpc) is 2.84. The van der Waals surface area contributed by atoms with E-state index in [2.05, 4.69) is 29.6 Å². The summed E-state index contributed by atoms with van der Waals surface area (Å²) in [5.74, 6) is 1.40. The van der Waals surface area contributed by atoms with Crippen LogP contribution in [0.5, 0.6) is 0 Å². The monoisotopic (exact) mass is 497 g/mol. The fourth-order valence-corrected chi connectivity index (χ4v) is 7.14. The number of nitrogens with one attached hydrogen (secondary N) is 1. The minimum atomic E-state index is -0.949. The van der Waals surface area contributed by atoms with Crippen molar-refractivity contribution < 1.29 is 19.1 Å². The van der Waals surface area contributed by atoms with E-state index in [0.717, 1.165) is 18.4 Å². The number of amides is 1. The summed E-state index contributed by atoms with van der Waals surface area (Å²) in [5, 5.41) is 2.46. The lowest BCUT2D eigenvalue weighted by molar-refractivity contribution is -0.153. The van der Waals surface area contributed by atoms with Crippen LogP contribution in [0.2, 0.25) is 0 Å². The van der Waals surface area contributed by atoms with Crippen molar-refractivity contribution in [3.05, 3.63) is 71.8 Å². The van der Waals surface area contributed by atoms with E-state index in [1.165, 1.54) is 23.5 Å². The molecule has 0 unspecified atom stereocenters. The quantitative estimate of drug-likeness (QED) is 0.335. The van der Waals surface area contributed by atoms with Crippen LogP contribution in [0.1, 0.15) is 30.9 Å². The molecule has 2 radical (unpaired) electrons. The molecule has 0 aliphatic carbocycles. The number of rotatable bonds is 12. The first-order valence-corrected chi connectivity index (χ1v) is 13.8. The van der Waals surface area contributed by atoms with Crippen LogP contribution >= 0.6 is 23.5 Å². The number of thioether (sulfide) groups is 2. The molecule has 3 atom stereocenters. The average molecular weight is 497 g/mol. The van der Waals surface area contributed by atoms with E-state index in [9.17, 15) is 9.59 Å². The second-order valence-electron chi connectivity index (χ2n) is 8.46. The predicted octanol–water partition coefficient (Wildman–Crippen LogP) is 4.83. The van der Waals surface area contributed by atoms with Gasteiger partial charge in [-0.1, -0.05) is 60.7 Å². The van der Waals surface area contributed by atoms with Crippen molar-refractivity contribution in [1.82, 2.24) is 5.32 Å². The third kappa shape index (κ3) is 9.39. The van der Waals surface area contributed by atoms with Crippen LogP contribution in [0.3, 0.4) is 0 Å². The molecule has 34 heavy (non-hydrogen) atoms. The molecule has 2 aromatic rings. The van der Waals surface area contributed by atoms with Crippen LogP contribution in [0.4, 0.5) is 4.79 Å². The predicted molar refractivity (Wildman–Crippen MR) is 141 cm³/mol. The molecular weight excluding hydrogens is 465 g/mol. The first-order chi connectivity index (χ1) is 16.5. The molecule has 0 saturated carbocycles. The summed E-state index contributed by atoms with van der Waals surface area (Å²) < 4.78 is 11.9. The lowest BCUT2D eigenvalue weighted by Gasteiger charge is -2.31. The highest BCUT2D eigenvalue weighted by molar-refractivity contribution is 8.17. The molecule has 1 heterocycles. The van der Waals surface area contributed by atoms with E-state index in [0.29, 0.717) is 17.1 Å². The van der Waals surface area contributed by atoms with Gasteiger partial charge in [0, 0.05) is 0 Å². The molecule has 5 nitrogen and oxygen atoms in total. The number of ether oxygens (including phenoxy) is 2. The number of hydrogen-bond acceptors (Lipinski definition) is 6. The highest BCUT2D eigenvalue weighted by atomic mass is 32.2. The Morgan fingerprint density at radius 2 is 1.65 bits per heavy atom. The Morgan fingerprint density at radius 1 is 1.03 bits per heavy atom. The molecule has 0 spiro atoms. The summed E-state index contributed by atoms with van der Waals surface area (Å²) in [6, 6.07) is 19.1. The summed E-state index contributed by atoms with van der Waals surface area (Å²) in [6.45, 7) is 2.24. The van der Waals surface area contributed by atoms with E-state index in [1.54, 1.807) is 0 Å². The largest absolute Gasteiger partial charge is 0.461 e. The normalized spacial score (nSPS) is 16.9. The number of hydrogen-bond donors (Lipinski definition) is 1. The standard InChI is InChI=1S/C26H32BNO4S2/c1-19(15-22(25-33-13-8-14-34-25)16-20-9-4-2-5-10-20)32-24(29)23(28-26(27)30)18-31-17-21-11-6-3-7-12-21/h2-7,9-12,19,22-23,25H,8,13-18H2,1H3,(H,28,30)/t19-,22-,23-/m0/s1. The summed E-state index contributed by atoms with van der Waals surface area (Å²) in [4.78, 5) is 24.3. The van der Waals surface area contributed by atoms with Gasteiger partial charge in [-0.2, -0.15) is 0 Å².